The molecule has 4 nitrogen and oxygen atoms in total. The molecule has 0 radical (unpaired) electrons. The first kappa shape index (κ1) is 11.4. The lowest BCUT2D eigenvalue weighted by atomic mass is 10.2. The Hall–Kier alpha value is -2.10. The minimum absolute atomic E-state index is 0.0890. The van der Waals surface area contributed by atoms with Crippen LogP contribution in [-0.2, 0) is 0 Å². The number of hydrogen-bond acceptors (Lipinski definition) is 2. The topological polar surface area (TPSA) is 38.1 Å². The van der Waals surface area contributed by atoms with Gasteiger partial charge in [0, 0.05) is 24.6 Å². The number of rotatable bonds is 2. The lowest BCUT2D eigenvalue weighted by molar-refractivity contribution is 0.248. The van der Waals surface area contributed by atoms with E-state index < -0.39 is 0 Å². The zero-order valence-electron chi connectivity index (χ0n) is 10.00. The first-order valence-electron chi connectivity index (χ1n) is 5.59. The van der Waals surface area contributed by atoms with E-state index in [1.54, 1.807) is 17.3 Å². The van der Waals surface area contributed by atoms with Gasteiger partial charge in [0.1, 0.15) is 6.33 Å². The van der Waals surface area contributed by atoms with Crippen LogP contribution in [0.2, 0.25) is 0 Å². The molecule has 0 aliphatic rings. The largest absolute Gasteiger partial charge is 0.333 e. The molecular formula is C13H15N3O. The van der Waals surface area contributed by atoms with Crippen LogP contribution in [0.3, 0.4) is 0 Å². The van der Waals surface area contributed by atoms with Gasteiger partial charge in [0.25, 0.3) is 0 Å². The van der Waals surface area contributed by atoms with Crippen LogP contribution in [-0.4, -0.2) is 22.1 Å². The number of aromatic nitrogens is 2. The van der Waals surface area contributed by atoms with E-state index >= 15 is 0 Å². The maximum atomic E-state index is 12.2. The summed E-state index contributed by atoms with van der Waals surface area (Å²) >= 11 is 0. The van der Waals surface area contributed by atoms with Crippen molar-refractivity contribution in [1.29, 1.82) is 0 Å². The summed E-state index contributed by atoms with van der Waals surface area (Å²) in [7, 11) is 0. The van der Waals surface area contributed by atoms with Crippen LogP contribution < -0.4 is 4.90 Å². The minimum Gasteiger partial charge on any atom is -0.294 e. The number of carbonyl (C=O) groups is 1. The average molecular weight is 229 g/mol. The smallest absolute Gasteiger partial charge is 0.294 e. The van der Waals surface area contributed by atoms with Gasteiger partial charge >= 0.3 is 6.03 Å². The van der Waals surface area contributed by atoms with Crippen molar-refractivity contribution >= 4 is 11.7 Å². The summed E-state index contributed by atoms with van der Waals surface area (Å²) < 4.78 is 1.48. The van der Waals surface area contributed by atoms with Crippen molar-refractivity contribution in [1.82, 2.24) is 9.55 Å². The Labute approximate surface area is 101 Å². The summed E-state index contributed by atoms with van der Waals surface area (Å²) in [5, 5.41) is 0. The molecule has 0 bridgehead atoms. The van der Waals surface area contributed by atoms with Crippen LogP contribution in [0, 0.1) is 6.92 Å². The number of carbonyl (C=O) groups excluding carboxylic acids is 1. The zero-order chi connectivity index (χ0) is 12.3. The summed E-state index contributed by atoms with van der Waals surface area (Å²) in [6.07, 6.45) is 4.76. The SMILES string of the molecule is CCN(C(=O)n1ccnc1)c1ccc(C)cc1. The van der Waals surface area contributed by atoms with Gasteiger partial charge < -0.3 is 0 Å². The first-order valence-corrected chi connectivity index (χ1v) is 5.59. The third kappa shape index (κ3) is 2.36. The lowest BCUT2D eigenvalue weighted by Gasteiger charge is -2.21. The second-order valence-electron chi connectivity index (χ2n) is 3.83. The van der Waals surface area contributed by atoms with Crippen molar-refractivity contribution in [3.63, 3.8) is 0 Å². The van der Waals surface area contributed by atoms with E-state index in [2.05, 4.69) is 4.98 Å². The van der Waals surface area contributed by atoms with Gasteiger partial charge in [-0.1, -0.05) is 17.7 Å². The molecule has 0 fully saturated rings. The molecule has 0 aliphatic carbocycles. The maximum Gasteiger partial charge on any atom is 0.333 e. The van der Waals surface area contributed by atoms with Gasteiger partial charge in [0.2, 0.25) is 0 Å². The molecule has 0 N–H and O–H groups in total. The van der Waals surface area contributed by atoms with E-state index in [0.717, 1.165) is 5.69 Å². The van der Waals surface area contributed by atoms with E-state index in [1.165, 1.54) is 16.5 Å². The predicted molar refractivity (Wildman–Crippen MR) is 67.2 cm³/mol. The summed E-state index contributed by atoms with van der Waals surface area (Å²) in [6.45, 7) is 4.60. The van der Waals surface area contributed by atoms with Crippen LogP contribution in [0.1, 0.15) is 12.5 Å². The third-order valence-corrected chi connectivity index (χ3v) is 2.62. The first-order chi connectivity index (χ1) is 8.22. The summed E-state index contributed by atoms with van der Waals surface area (Å²) in [5.74, 6) is 0. The monoisotopic (exact) mass is 229 g/mol. The van der Waals surface area contributed by atoms with E-state index in [-0.39, 0.29) is 6.03 Å². The van der Waals surface area contributed by atoms with Crippen LogP contribution in [0.15, 0.2) is 43.0 Å². The molecule has 0 aliphatic heterocycles. The fraction of sp³-hybridized carbons (Fsp3) is 0.231. The van der Waals surface area contributed by atoms with Gasteiger partial charge in [0.15, 0.2) is 0 Å². The predicted octanol–water partition coefficient (Wildman–Crippen LogP) is 2.69. The van der Waals surface area contributed by atoms with Crippen molar-refractivity contribution in [2.75, 3.05) is 11.4 Å². The van der Waals surface area contributed by atoms with Crippen molar-refractivity contribution in [2.24, 2.45) is 0 Å². The number of benzene rings is 1. The van der Waals surface area contributed by atoms with Gasteiger partial charge in [-0.05, 0) is 26.0 Å². The van der Waals surface area contributed by atoms with Crippen molar-refractivity contribution in [2.45, 2.75) is 13.8 Å². The molecule has 1 amide bonds. The third-order valence-electron chi connectivity index (χ3n) is 2.62. The highest BCUT2D eigenvalue weighted by Crippen LogP contribution is 2.15. The van der Waals surface area contributed by atoms with Crippen LogP contribution in [0.4, 0.5) is 10.5 Å². The Morgan fingerprint density at radius 3 is 2.59 bits per heavy atom. The number of imidazole rings is 1. The standard InChI is InChI=1S/C13H15N3O/c1-3-16(12-6-4-11(2)5-7-12)13(17)15-9-8-14-10-15/h4-10H,3H2,1-2H3. The summed E-state index contributed by atoms with van der Waals surface area (Å²) in [6, 6.07) is 7.81. The van der Waals surface area contributed by atoms with Crippen LogP contribution in [0.5, 0.6) is 0 Å². The van der Waals surface area contributed by atoms with Gasteiger partial charge in [-0.2, -0.15) is 0 Å². The molecule has 2 aromatic rings. The molecule has 17 heavy (non-hydrogen) atoms. The maximum absolute atomic E-state index is 12.2. The molecule has 0 saturated heterocycles. The minimum atomic E-state index is -0.0890. The molecule has 0 unspecified atom stereocenters. The molecule has 0 atom stereocenters. The van der Waals surface area contributed by atoms with Gasteiger partial charge in [-0.25, -0.2) is 9.78 Å². The Morgan fingerprint density at radius 1 is 1.35 bits per heavy atom. The molecule has 2 rings (SSSR count). The van der Waals surface area contributed by atoms with E-state index in [9.17, 15) is 4.79 Å². The van der Waals surface area contributed by atoms with E-state index in [1.807, 2.05) is 38.1 Å². The molecule has 1 aromatic carbocycles. The number of hydrogen-bond donors (Lipinski definition) is 0. The second kappa shape index (κ2) is 4.82. The van der Waals surface area contributed by atoms with Gasteiger partial charge in [-0.15, -0.1) is 0 Å². The van der Waals surface area contributed by atoms with Crippen molar-refractivity contribution in [3.8, 4) is 0 Å². The number of amides is 1. The lowest BCUT2D eigenvalue weighted by Crippen LogP contribution is -2.33. The normalized spacial score (nSPS) is 10.2. The summed E-state index contributed by atoms with van der Waals surface area (Å²) in [5.41, 5.74) is 2.08. The van der Waals surface area contributed by atoms with Crippen molar-refractivity contribution < 1.29 is 4.79 Å². The van der Waals surface area contributed by atoms with Crippen molar-refractivity contribution in [3.05, 3.63) is 48.5 Å². The zero-order valence-corrected chi connectivity index (χ0v) is 10.00. The number of aryl methyl sites for hydroxylation is 1. The molecule has 88 valence electrons. The fourth-order valence-electron chi connectivity index (χ4n) is 1.66. The summed E-state index contributed by atoms with van der Waals surface area (Å²) in [4.78, 5) is 17.8. The van der Waals surface area contributed by atoms with Gasteiger partial charge in [0.05, 0.1) is 0 Å². The molecule has 0 saturated carbocycles. The molecule has 0 spiro atoms. The average Bonchev–Trinajstić information content (AvgIpc) is 2.86. The van der Waals surface area contributed by atoms with Gasteiger partial charge in [-0.3, -0.25) is 9.47 Å². The second-order valence-corrected chi connectivity index (χ2v) is 3.83. The number of nitrogens with zero attached hydrogens (tertiary/aromatic N) is 3. The fourth-order valence-corrected chi connectivity index (χ4v) is 1.66. The Balaban J connectivity index is 2.28. The quantitative estimate of drug-likeness (QED) is 0.794. The Bertz CT molecular complexity index is 488. The Kier molecular flexibility index (Phi) is 3.23. The highest BCUT2D eigenvalue weighted by Gasteiger charge is 2.14. The highest BCUT2D eigenvalue weighted by atomic mass is 16.2. The molecule has 1 aromatic heterocycles. The van der Waals surface area contributed by atoms with Crippen LogP contribution >= 0.6 is 0 Å². The van der Waals surface area contributed by atoms with E-state index in [0.29, 0.717) is 6.54 Å². The highest BCUT2D eigenvalue weighted by molar-refractivity contribution is 5.93. The molecule has 1 heterocycles. The molecular weight excluding hydrogens is 214 g/mol. The van der Waals surface area contributed by atoms with E-state index in [4.69, 9.17) is 0 Å². The Morgan fingerprint density at radius 2 is 2.06 bits per heavy atom. The number of anilines is 1. The molecule has 4 heteroatoms. The van der Waals surface area contributed by atoms with Crippen LogP contribution in [0.25, 0.3) is 0 Å².